The molecule has 0 aliphatic heterocycles. The number of hydrogen-bond donors (Lipinski definition) is 2. The van der Waals surface area contributed by atoms with Crippen molar-refractivity contribution in [1.29, 1.82) is 0 Å². The topological polar surface area (TPSA) is 32.3 Å². The van der Waals surface area contributed by atoms with Gasteiger partial charge in [-0.2, -0.15) is 0 Å². The number of fused-ring (bicyclic) bond motifs is 2. The first-order chi connectivity index (χ1) is 4.85. The molecule has 2 rings (SSSR count). The highest BCUT2D eigenvalue weighted by Gasteiger charge is 2.43. The van der Waals surface area contributed by atoms with Crippen molar-refractivity contribution >= 4 is 12.4 Å². The van der Waals surface area contributed by atoms with E-state index in [4.69, 9.17) is 5.11 Å². The molecule has 0 heterocycles. The molecule has 11 heavy (non-hydrogen) atoms. The number of rotatable bonds is 2. The predicted octanol–water partition coefficient (Wildman–Crippen LogP) is 1.28. The molecule has 2 bridgehead atoms. The minimum atomic E-state index is 0. The first-order valence-electron chi connectivity index (χ1n) is 4.21. The molecule has 2 saturated carbocycles. The second kappa shape index (κ2) is 3.30. The van der Waals surface area contributed by atoms with Gasteiger partial charge in [0.25, 0.3) is 0 Å². The van der Waals surface area contributed by atoms with Gasteiger partial charge in [-0.15, -0.1) is 12.4 Å². The van der Waals surface area contributed by atoms with Crippen LogP contribution in [0.25, 0.3) is 0 Å². The van der Waals surface area contributed by atoms with Crippen molar-refractivity contribution in [3.63, 3.8) is 0 Å². The molecule has 0 unspecified atom stereocenters. The van der Waals surface area contributed by atoms with E-state index in [1.165, 1.54) is 32.1 Å². The lowest BCUT2D eigenvalue weighted by molar-refractivity contribution is 0.193. The highest BCUT2D eigenvalue weighted by atomic mass is 35.5. The van der Waals surface area contributed by atoms with Gasteiger partial charge in [0.2, 0.25) is 0 Å². The standard InChI is InChI=1S/C8H15NO.ClH/c10-6-9-8-3-1-7(5-8)2-4-8;/h7,9-10H,1-6H2;1H. The number of halogens is 1. The van der Waals surface area contributed by atoms with Crippen molar-refractivity contribution in [2.45, 2.75) is 37.6 Å². The zero-order valence-electron chi connectivity index (χ0n) is 6.68. The molecule has 0 spiro atoms. The summed E-state index contributed by atoms with van der Waals surface area (Å²) in [6.07, 6.45) is 6.66. The van der Waals surface area contributed by atoms with Crippen LogP contribution in [0.1, 0.15) is 32.1 Å². The van der Waals surface area contributed by atoms with E-state index in [9.17, 15) is 0 Å². The van der Waals surface area contributed by atoms with Gasteiger partial charge in [0.05, 0.1) is 6.73 Å². The molecule has 0 atom stereocenters. The molecule has 0 aromatic carbocycles. The second-order valence-electron chi connectivity index (χ2n) is 3.76. The Morgan fingerprint density at radius 2 is 2.00 bits per heavy atom. The van der Waals surface area contributed by atoms with Crippen LogP contribution in [0.2, 0.25) is 0 Å². The molecule has 2 aliphatic rings. The smallest absolute Gasteiger partial charge is 0.0935 e. The van der Waals surface area contributed by atoms with Gasteiger partial charge in [0.1, 0.15) is 0 Å². The Bertz CT molecular complexity index is 132. The van der Waals surface area contributed by atoms with Gasteiger partial charge >= 0.3 is 0 Å². The minimum absolute atomic E-state index is 0. The lowest BCUT2D eigenvalue weighted by Gasteiger charge is -2.26. The van der Waals surface area contributed by atoms with E-state index < -0.39 is 0 Å². The van der Waals surface area contributed by atoms with E-state index in [2.05, 4.69) is 5.32 Å². The highest BCUT2D eigenvalue weighted by Crippen LogP contribution is 2.47. The van der Waals surface area contributed by atoms with E-state index in [0.717, 1.165) is 5.92 Å². The number of nitrogens with one attached hydrogen (secondary N) is 1. The van der Waals surface area contributed by atoms with Crippen molar-refractivity contribution in [2.24, 2.45) is 5.92 Å². The highest BCUT2D eigenvalue weighted by molar-refractivity contribution is 5.85. The molecule has 0 aromatic rings. The van der Waals surface area contributed by atoms with Crippen LogP contribution >= 0.6 is 12.4 Å². The summed E-state index contributed by atoms with van der Waals surface area (Å²) < 4.78 is 0. The van der Waals surface area contributed by atoms with Crippen LogP contribution in [-0.4, -0.2) is 17.4 Å². The zero-order valence-corrected chi connectivity index (χ0v) is 7.49. The van der Waals surface area contributed by atoms with E-state index in [1.54, 1.807) is 0 Å². The summed E-state index contributed by atoms with van der Waals surface area (Å²) in [7, 11) is 0. The van der Waals surface area contributed by atoms with Crippen molar-refractivity contribution in [1.82, 2.24) is 5.32 Å². The third-order valence-electron chi connectivity index (χ3n) is 3.20. The van der Waals surface area contributed by atoms with E-state index in [0.29, 0.717) is 5.54 Å². The fourth-order valence-corrected chi connectivity index (χ4v) is 2.61. The molecule has 0 amide bonds. The monoisotopic (exact) mass is 177 g/mol. The van der Waals surface area contributed by atoms with Crippen LogP contribution in [0.5, 0.6) is 0 Å². The Morgan fingerprint density at radius 3 is 2.36 bits per heavy atom. The van der Waals surface area contributed by atoms with Gasteiger partial charge in [-0.1, -0.05) is 0 Å². The maximum atomic E-state index is 8.73. The molecule has 0 radical (unpaired) electrons. The Hall–Kier alpha value is 0.210. The molecule has 0 saturated heterocycles. The van der Waals surface area contributed by atoms with Gasteiger partial charge < -0.3 is 5.11 Å². The average Bonchev–Trinajstić information content (AvgIpc) is 2.46. The van der Waals surface area contributed by atoms with E-state index in [1.807, 2.05) is 0 Å². The van der Waals surface area contributed by atoms with Gasteiger partial charge in [0, 0.05) is 5.54 Å². The van der Waals surface area contributed by atoms with Gasteiger partial charge in [-0.25, -0.2) is 0 Å². The molecule has 2 fully saturated rings. The molecule has 2 nitrogen and oxygen atoms in total. The summed E-state index contributed by atoms with van der Waals surface area (Å²) >= 11 is 0. The fraction of sp³-hybridized carbons (Fsp3) is 1.00. The average molecular weight is 178 g/mol. The fourth-order valence-electron chi connectivity index (χ4n) is 2.61. The van der Waals surface area contributed by atoms with Crippen LogP contribution in [0.3, 0.4) is 0 Å². The number of hydrogen-bond acceptors (Lipinski definition) is 2. The maximum Gasteiger partial charge on any atom is 0.0935 e. The van der Waals surface area contributed by atoms with Crippen LogP contribution < -0.4 is 5.32 Å². The molecular weight excluding hydrogens is 162 g/mol. The Kier molecular flexibility index (Phi) is 2.79. The van der Waals surface area contributed by atoms with Crippen LogP contribution in [-0.2, 0) is 0 Å². The lowest BCUT2D eigenvalue weighted by atomic mass is 9.94. The minimum Gasteiger partial charge on any atom is -0.381 e. The molecule has 2 N–H and O–H groups in total. The zero-order chi connectivity index (χ0) is 7.03. The maximum absolute atomic E-state index is 8.73. The van der Waals surface area contributed by atoms with E-state index >= 15 is 0 Å². The molecular formula is C8H16ClNO. The quantitative estimate of drug-likeness (QED) is 0.623. The second-order valence-corrected chi connectivity index (χ2v) is 3.76. The molecule has 3 heteroatoms. The molecule has 66 valence electrons. The number of aliphatic hydroxyl groups excluding tert-OH is 1. The van der Waals surface area contributed by atoms with Gasteiger partial charge in [0.15, 0.2) is 0 Å². The third kappa shape index (κ3) is 1.53. The number of aliphatic hydroxyl groups is 1. The van der Waals surface area contributed by atoms with Crippen molar-refractivity contribution in [3.8, 4) is 0 Å². The van der Waals surface area contributed by atoms with Crippen LogP contribution in [0.4, 0.5) is 0 Å². The summed E-state index contributed by atoms with van der Waals surface area (Å²) in [4.78, 5) is 0. The predicted molar refractivity (Wildman–Crippen MR) is 46.8 cm³/mol. The van der Waals surface area contributed by atoms with Gasteiger partial charge in [-0.3, -0.25) is 5.32 Å². The first kappa shape index (κ1) is 9.30. The van der Waals surface area contributed by atoms with Crippen molar-refractivity contribution < 1.29 is 5.11 Å². The summed E-state index contributed by atoms with van der Waals surface area (Å²) in [5.74, 6) is 0.971. The van der Waals surface area contributed by atoms with E-state index in [-0.39, 0.29) is 19.1 Å². The Labute approximate surface area is 73.8 Å². The van der Waals surface area contributed by atoms with Crippen molar-refractivity contribution in [3.05, 3.63) is 0 Å². The molecule has 0 aromatic heterocycles. The summed E-state index contributed by atoms with van der Waals surface area (Å²) in [5.41, 5.74) is 0.361. The summed E-state index contributed by atoms with van der Waals surface area (Å²) in [6, 6.07) is 0. The van der Waals surface area contributed by atoms with Crippen LogP contribution in [0.15, 0.2) is 0 Å². The third-order valence-corrected chi connectivity index (χ3v) is 3.20. The largest absolute Gasteiger partial charge is 0.381 e. The first-order valence-corrected chi connectivity index (χ1v) is 4.21. The van der Waals surface area contributed by atoms with Crippen molar-refractivity contribution in [2.75, 3.05) is 6.73 Å². The SMILES string of the molecule is Cl.OCNC12CCC(CC1)C2. The summed E-state index contributed by atoms with van der Waals surface area (Å²) in [5, 5.41) is 11.9. The normalized spacial score (nSPS) is 40.6. The Balaban J connectivity index is 0.000000605. The molecule has 2 aliphatic carbocycles. The Morgan fingerprint density at radius 1 is 1.36 bits per heavy atom. The van der Waals surface area contributed by atoms with Gasteiger partial charge in [-0.05, 0) is 38.0 Å². The van der Waals surface area contributed by atoms with Crippen LogP contribution in [0, 0.1) is 5.92 Å². The lowest BCUT2D eigenvalue weighted by Crippen LogP contribution is -2.41. The summed E-state index contributed by atoms with van der Waals surface area (Å²) in [6.45, 7) is 0.159.